The highest BCUT2D eigenvalue weighted by Crippen LogP contribution is 2.44. The molecule has 2 aromatic rings. The third kappa shape index (κ3) is 8.55. The van der Waals surface area contributed by atoms with Crippen molar-refractivity contribution in [1.29, 1.82) is 0 Å². The number of aromatic nitrogens is 1. The Hall–Kier alpha value is -3.75. The summed E-state index contributed by atoms with van der Waals surface area (Å²) in [5.41, 5.74) is 0.295. The highest BCUT2D eigenvalue weighted by atomic mass is 16.7. The SMILES string of the molecule is CC[C@H]1OC(=O)[C@H](C)C(=O)[C@H](C)[C@@H](O[C@@H]2O[C@H](C)C[C@H](N(C)C)[C@H]2O)[C@@](C)(OC/C=C/c2cnc3ccccc3c2)C[C@@H](C)C2=NCCN3C(=O)O[C@@]1(C)[C@H]3[C@H]2C. The van der Waals surface area contributed by atoms with Gasteiger partial charge in [-0.25, -0.2) is 4.79 Å². The minimum atomic E-state index is -1.20. The summed E-state index contributed by atoms with van der Waals surface area (Å²) in [5, 5.41) is 12.7. The number of rotatable bonds is 8. The van der Waals surface area contributed by atoms with Gasteiger partial charge in [-0.3, -0.25) is 24.5 Å². The Morgan fingerprint density at radius 1 is 1.07 bits per heavy atom. The van der Waals surface area contributed by atoms with Crippen LogP contribution in [-0.4, -0.2) is 131 Å². The van der Waals surface area contributed by atoms with Crippen LogP contribution in [0.2, 0.25) is 0 Å². The fourth-order valence-electron chi connectivity index (χ4n) is 9.85. The second kappa shape index (κ2) is 17.2. The monoisotopic (exact) mass is 790 g/mol. The molecule has 2 bridgehead atoms. The number of carbonyl (C=O) groups excluding carboxylic acids is 3. The number of fused-ring (bicyclic) bond motifs is 2. The van der Waals surface area contributed by atoms with Gasteiger partial charge in [0.25, 0.3) is 0 Å². The average Bonchev–Trinajstić information content (AvgIpc) is 3.30. The standard InChI is InChI=1S/C44H62N4O9/c1-11-34-44(8)38-27(4)35(45-18-19-48(38)42(52)57-44)25(2)23-43(7,53-20-14-15-30-22-31-16-12-13-17-32(31)46-24-30)39(28(5)36(49)29(6)40(51)55-34)56-41-37(50)33(47(9)10)21-26(3)54-41/h12-17,22,24-29,33-34,37-39,41,50H,11,18-21,23H2,1-10H3/b15-14+/t25-,26-,27+,28+,29-,33+,34-,37-,38-,39-,41+,43+,44-/m1/s1. The Morgan fingerprint density at radius 2 is 1.81 bits per heavy atom. The van der Waals surface area contributed by atoms with Gasteiger partial charge in [0.15, 0.2) is 17.7 Å². The molecule has 312 valence electrons. The van der Waals surface area contributed by atoms with Gasteiger partial charge < -0.3 is 33.7 Å². The van der Waals surface area contributed by atoms with Crippen LogP contribution in [0.15, 0.2) is 47.6 Å². The molecule has 0 spiro atoms. The van der Waals surface area contributed by atoms with Crippen molar-refractivity contribution in [3.63, 3.8) is 0 Å². The highest BCUT2D eigenvalue weighted by molar-refractivity contribution is 6.00. The maximum absolute atomic E-state index is 14.6. The van der Waals surface area contributed by atoms with E-state index in [-0.39, 0.29) is 30.6 Å². The summed E-state index contributed by atoms with van der Waals surface area (Å²) >= 11 is 0. The van der Waals surface area contributed by atoms with Crippen molar-refractivity contribution in [1.82, 2.24) is 14.8 Å². The highest BCUT2D eigenvalue weighted by Gasteiger charge is 2.60. The summed E-state index contributed by atoms with van der Waals surface area (Å²) in [5.74, 6) is -3.71. The van der Waals surface area contributed by atoms with E-state index in [0.29, 0.717) is 32.4 Å². The predicted octanol–water partition coefficient (Wildman–Crippen LogP) is 5.71. The van der Waals surface area contributed by atoms with Crippen molar-refractivity contribution in [3.8, 4) is 0 Å². The van der Waals surface area contributed by atoms with E-state index in [1.54, 1.807) is 18.7 Å². The van der Waals surface area contributed by atoms with E-state index < -0.39 is 71.5 Å². The Morgan fingerprint density at radius 3 is 2.53 bits per heavy atom. The molecule has 13 nitrogen and oxygen atoms in total. The van der Waals surface area contributed by atoms with Gasteiger partial charge >= 0.3 is 12.1 Å². The number of aliphatic imine (C=N–C) groups is 1. The number of hydrogen-bond acceptors (Lipinski definition) is 12. The molecule has 0 aliphatic carbocycles. The van der Waals surface area contributed by atoms with Crippen LogP contribution in [0.1, 0.15) is 80.2 Å². The number of aliphatic hydroxyl groups excluding tert-OH is 1. The molecule has 57 heavy (non-hydrogen) atoms. The number of aliphatic hydroxyl groups is 1. The Kier molecular flexibility index (Phi) is 13.0. The van der Waals surface area contributed by atoms with Gasteiger partial charge in [-0.15, -0.1) is 0 Å². The lowest BCUT2D eigenvalue weighted by Gasteiger charge is -2.47. The lowest BCUT2D eigenvalue weighted by atomic mass is 9.73. The molecule has 0 radical (unpaired) electrons. The zero-order valence-corrected chi connectivity index (χ0v) is 35.2. The van der Waals surface area contributed by atoms with Gasteiger partial charge in [-0.2, -0.15) is 0 Å². The number of pyridine rings is 1. The van der Waals surface area contributed by atoms with Gasteiger partial charge in [-0.1, -0.05) is 58.0 Å². The van der Waals surface area contributed by atoms with E-state index in [2.05, 4.69) is 24.9 Å². The molecule has 3 saturated heterocycles. The van der Waals surface area contributed by atoms with Gasteiger partial charge in [0, 0.05) is 41.7 Å². The largest absolute Gasteiger partial charge is 0.458 e. The number of ketones is 1. The van der Waals surface area contributed by atoms with Gasteiger partial charge in [0.05, 0.1) is 42.5 Å². The summed E-state index contributed by atoms with van der Waals surface area (Å²) in [6, 6.07) is 9.24. The molecule has 13 heteroatoms. The minimum Gasteiger partial charge on any atom is -0.458 e. The molecule has 1 amide bonds. The van der Waals surface area contributed by atoms with Crippen LogP contribution in [0, 0.1) is 23.7 Å². The Bertz CT molecular complexity index is 1850. The molecule has 13 atom stereocenters. The van der Waals surface area contributed by atoms with Crippen LogP contribution >= 0.6 is 0 Å². The van der Waals surface area contributed by atoms with Crippen molar-refractivity contribution in [2.75, 3.05) is 33.8 Å². The first-order valence-electron chi connectivity index (χ1n) is 20.6. The fourth-order valence-corrected chi connectivity index (χ4v) is 9.85. The third-order valence-corrected chi connectivity index (χ3v) is 12.8. The maximum atomic E-state index is 14.6. The first-order chi connectivity index (χ1) is 27.0. The Labute approximate surface area is 337 Å². The topological polar surface area (TPSA) is 149 Å². The van der Waals surface area contributed by atoms with E-state index in [9.17, 15) is 19.5 Å². The van der Waals surface area contributed by atoms with Crippen LogP contribution in [-0.2, 0) is 33.3 Å². The fraction of sp³-hybridized carbons (Fsp3) is 0.659. The molecule has 1 aromatic carbocycles. The molecule has 1 N–H and O–H groups in total. The summed E-state index contributed by atoms with van der Waals surface area (Å²) in [6.45, 7) is 15.9. The maximum Gasteiger partial charge on any atom is 0.410 e. The van der Waals surface area contributed by atoms with Crippen LogP contribution in [0.4, 0.5) is 4.79 Å². The van der Waals surface area contributed by atoms with E-state index in [1.807, 2.05) is 89.3 Å². The molecule has 0 unspecified atom stereocenters. The van der Waals surface area contributed by atoms with Crippen LogP contribution in [0.25, 0.3) is 17.0 Å². The molecule has 3 fully saturated rings. The van der Waals surface area contributed by atoms with Crippen LogP contribution < -0.4 is 0 Å². The second-order valence-electron chi connectivity index (χ2n) is 17.3. The number of cyclic esters (lactones) is 1. The number of ether oxygens (including phenoxy) is 5. The van der Waals surface area contributed by atoms with Crippen LogP contribution in [0.3, 0.4) is 0 Å². The number of hydrogen-bond donors (Lipinski definition) is 1. The van der Waals surface area contributed by atoms with Gasteiger partial charge in [0.2, 0.25) is 0 Å². The number of esters is 1. The Balaban J connectivity index is 1.42. The molecular formula is C44H62N4O9. The van der Waals surface area contributed by atoms with E-state index >= 15 is 0 Å². The zero-order chi connectivity index (χ0) is 41.4. The van der Waals surface area contributed by atoms with E-state index in [0.717, 1.165) is 22.2 Å². The molecule has 6 rings (SSSR count). The van der Waals surface area contributed by atoms with Crippen molar-refractivity contribution < 1.29 is 43.2 Å². The van der Waals surface area contributed by atoms with E-state index in [1.165, 1.54) is 0 Å². The number of benzene rings is 1. The summed E-state index contributed by atoms with van der Waals surface area (Å²) < 4.78 is 32.4. The number of Topliss-reactive ketones (excluding diaryl/α,β-unsaturated/α-hetero) is 1. The smallest absolute Gasteiger partial charge is 0.410 e. The molecular weight excluding hydrogens is 729 g/mol. The number of nitrogens with zero attached hydrogens (tertiary/aromatic N) is 4. The summed E-state index contributed by atoms with van der Waals surface area (Å²) in [4.78, 5) is 55.4. The summed E-state index contributed by atoms with van der Waals surface area (Å²) in [6.07, 6.45) is 2.35. The van der Waals surface area contributed by atoms with Crippen molar-refractivity contribution in [2.24, 2.45) is 28.7 Å². The molecule has 4 aliphatic heterocycles. The predicted molar refractivity (Wildman–Crippen MR) is 217 cm³/mol. The van der Waals surface area contributed by atoms with E-state index in [4.69, 9.17) is 28.7 Å². The van der Waals surface area contributed by atoms with Crippen LogP contribution in [0.5, 0.6) is 0 Å². The number of carbonyl (C=O) groups is 3. The molecule has 4 aliphatic rings. The molecule has 5 heterocycles. The average molecular weight is 791 g/mol. The van der Waals surface area contributed by atoms with Crippen molar-refractivity contribution in [3.05, 3.63) is 48.2 Å². The molecule has 1 aromatic heterocycles. The van der Waals surface area contributed by atoms with Crippen molar-refractivity contribution >= 4 is 40.5 Å². The first-order valence-corrected chi connectivity index (χ1v) is 20.6. The third-order valence-electron chi connectivity index (χ3n) is 12.8. The number of amides is 1. The number of para-hydroxylation sites is 1. The normalized spacial score (nSPS) is 38.2. The lowest BCUT2D eigenvalue weighted by molar-refractivity contribution is -0.296. The second-order valence-corrected chi connectivity index (χ2v) is 17.3. The number of likely N-dealkylation sites (N-methyl/N-ethyl adjacent to an activating group) is 1. The summed E-state index contributed by atoms with van der Waals surface area (Å²) in [7, 11) is 3.81. The minimum absolute atomic E-state index is 0.149. The van der Waals surface area contributed by atoms with Gasteiger partial charge in [0.1, 0.15) is 18.1 Å². The lowest BCUT2D eigenvalue weighted by Crippen LogP contribution is -2.60. The quantitative estimate of drug-likeness (QED) is 0.259. The first kappa shape index (κ1) is 42.8. The zero-order valence-electron chi connectivity index (χ0n) is 35.2. The van der Waals surface area contributed by atoms with Crippen molar-refractivity contribution in [2.45, 2.75) is 129 Å². The molecule has 0 saturated carbocycles. The van der Waals surface area contributed by atoms with Gasteiger partial charge in [-0.05, 0) is 84.7 Å².